The number of phosphoric acid groups is 1. The zero-order chi connectivity index (χ0) is 22.6. The first kappa shape index (κ1) is 29.8. The van der Waals surface area contributed by atoms with Gasteiger partial charge in [-0.25, -0.2) is 9.45 Å². The lowest BCUT2D eigenvalue weighted by molar-refractivity contribution is -0.870. The van der Waals surface area contributed by atoms with Crippen LogP contribution in [0.1, 0.15) is 96.8 Å². The fourth-order valence-electron chi connectivity index (χ4n) is 2.96. The highest BCUT2D eigenvalue weighted by molar-refractivity contribution is 7.47. The topological polar surface area (TPSA) is 65.0 Å². The molecule has 0 radical (unpaired) electrons. The minimum absolute atomic E-state index is 0.148. The van der Waals surface area contributed by atoms with Gasteiger partial charge in [-0.3, -0.25) is 4.52 Å². The summed E-state index contributed by atoms with van der Waals surface area (Å²) in [6.45, 7) is 3.33. The van der Waals surface area contributed by atoms with Crippen LogP contribution in [0, 0.1) is 0 Å². The van der Waals surface area contributed by atoms with Crippen LogP contribution in [0.2, 0.25) is 0 Å². The Hall–Kier alpha value is -0.230. The van der Waals surface area contributed by atoms with E-state index in [0.29, 0.717) is 17.6 Å². The Bertz CT molecular complexity index is 451. The van der Waals surface area contributed by atoms with Crippen molar-refractivity contribution in [2.75, 3.05) is 40.9 Å². The minimum atomic E-state index is -4.11. The molecule has 0 aliphatic carbocycles. The number of hydrogen-bond acceptors (Lipinski definition) is 4. The highest BCUT2D eigenvalue weighted by Crippen LogP contribution is 2.43. The maximum atomic E-state index is 11.6. The van der Waals surface area contributed by atoms with Gasteiger partial charge in [-0.15, -0.1) is 4.67 Å². The molecule has 0 aromatic heterocycles. The molecule has 30 heavy (non-hydrogen) atoms. The molecule has 1 N–H and O–H groups in total. The fraction of sp³-hybridized carbons (Fsp3) is 0.913. The standard InChI is InChI=1S/C23H48NO5P/c1-5-6-7-8-9-10-11-12-13-14-15-16-17-18-19-20-22-27-29-30(25,26)28-23-21-24(2,3)4/h12-13H,5-11,14-23H2,1-4H3/p+1. The third-order valence-corrected chi connectivity index (χ3v) is 5.71. The van der Waals surface area contributed by atoms with E-state index >= 15 is 0 Å². The lowest BCUT2D eigenvalue weighted by Crippen LogP contribution is -2.37. The van der Waals surface area contributed by atoms with Gasteiger partial charge in [0.05, 0.1) is 27.7 Å². The zero-order valence-corrected chi connectivity index (χ0v) is 21.0. The molecule has 0 amide bonds. The summed E-state index contributed by atoms with van der Waals surface area (Å²) in [5, 5.41) is 0. The monoisotopic (exact) mass is 450 g/mol. The number of rotatable bonds is 22. The second-order valence-corrected chi connectivity index (χ2v) is 10.5. The van der Waals surface area contributed by atoms with E-state index in [1.165, 1.54) is 70.6 Å². The molecule has 1 unspecified atom stereocenters. The summed E-state index contributed by atoms with van der Waals surface area (Å²) in [6, 6.07) is 0. The Balaban J connectivity index is 3.34. The molecule has 7 heteroatoms. The van der Waals surface area contributed by atoms with E-state index < -0.39 is 7.82 Å². The van der Waals surface area contributed by atoms with Crippen LogP contribution >= 0.6 is 7.82 Å². The maximum absolute atomic E-state index is 11.6. The first-order valence-corrected chi connectivity index (χ1v) is 13.5. The third kappa shape index (κ3) is 24.0. The highest BCUT2D eigenvalue weighted by atomic mass is 31.2. The summed E-state index contributed by atoms with van der Waals surface area (Å²) < 4.78 is 21.7. The van der Waals surface area contributed by atoms with Crippen LogP contribution in [0.5, 0.6) is 0 Å². The van der Waals surface area contributed by atoms with Crippen molar-refractivity contribution in [1.29, 1.82) is 0 Å². The molecule has 180 valence electrons. The van der Waals surface area contributed by atoms with E-state index in [2.05, 4.69) is 23.8 Å². The molecule has 1 atom stereocenters. The minimum Gasteiger partial charge on any atom is -0.329 e. The number of nitrogens with zero attached hydrogens (tertiary/aromatic N) is 1. The van der Waals surface area contributed by atoms with Crippen LogP contribution < -0.4 is 0 Å². The molecule has 0 bridgehead atoms. The van der Waals surface area contributed by atoms with Gasteiger partial charge in [0.2, 0.25) is 0 Å². The van der Waals surface area contributed by atoms with Crippen molar-refractivity contribution in [2.24, 2.45) is 0 Å². The number of likely N-dealkylation sites (N-methyl/N-ethyl adjacent to an activating group) is 1. The van der Waals surface area contributed by atoms with E-state index in [1.807, 2.05) is 21.1 Å². The summed E-state index contributed by atoms with van der Waals surface area (Å²) in [5.74, 6) is 0. The maximum Gasteiger partial charge on any atom is 0.499 e. The lowest BCUT2D eigenvalue weighted by Gasteiger charge is -2.23. The van der Waals surface area contributed by atoms with Crippen molar-refractivity contribution in [2.45, 2.75) is 96.8 Å². The summed E-state index contributed by atoms with van der Waals surface area (Å²) in [7, 11) is 1.84. The quantitative estimate of drug-likeness (QED) is 0.0491. The largest absolute Gasteiger partial charge is 0.499 e. The number of unbranched alkanes of at least 4 members (excludes halogenated alkanes) is 12. The Morgan fingerprint density at radius 2 is 1.27 bits per heavy atom. The third-order valence-electron chi connectivity index (χ3n) is 4.90. The summed E-state index contributed by atoms with van der Waals surface area (Å²) in [5.41, 5.74) is 0. The van der Waals surface area contributed by atoms with Crippen LogP contribution in [0.25, 0.3) is 0 Å². The van der Waals surface area contributed by atoms with Crippen molar-refractivity contribution in [1.82, 2.24) is 0 Å². The van der Waals surface area contributed by atoms with E-state index in [-0.39, 0.29) is 6.61 Å². The second kappa shape index (κ2) is 19.5. The number of allylic oxidation sites excluding steroid dienone is 2. The van der Waals surface area contributed by atoms with Gasteiger partial charge >= 0.3 is 7.82 Å². The zero-order valence-electron chi connectivity index (χ0n) is 20.2. The van der Waals surface area contributed by atoms with Crippen LogP contribution in [0.3, 0.4) is 0 Å². The Morgan fingerprint density at radius 3 is 1.80 bits per heavy atom. The Kier molecular flexibility index (Phi) is 19.3. The predicted octanol–water partition coefficient (Wildman–Crippen LogP) is 6.80. The molecular weight excluding hydrogens is 401 g/mol. The van der Waals surface area contributed by atoms with Crippen LogP contribution in [0.4, 0.5) is 0 Å². The lowest BCUT2D eigenvalue weighted by atomic mass is 10.1. The van der Waals surface area contributed by atoms with Crippen LogP contribution in [-0.4, -0.2) is 50.3 Å². The van der Waals surface area contributed by atoms with Crippen molar-refractivity contribution in [3.8, 4) is 0 Å². The van der Waals surface area contributed by atoms with Gasteiger partial charge in [0, 0.05) is 0 Å². The summed E-state index contributed by atoms with van der Waals surface area (Å²) in [4.78, 5) is 14.4. The molecule has 0 aliphatic rings. The van der Waals surface area contributed by atoms with Crippen LogP contribution in [0.15, 0.2) is 12.2 Å². The Labute approximate surface area is 186 Å². The van der Waals surface area contributed by atoms with Gasteiger partial charge in [0.25, 0.3) is 0 Å². The Morgan fingerprint density at radius 1 is 0.767 bits per heavy atom. The molecular formula is C23H49NO5P+. The molecule has 0 rings (SSSR count). The molecule has 0 aromatic carbocycles. The normalized spacial score (nSPS) is 14.4. The number of phosphoric ester groups is 1. The molecule has 0 fully saturated rings. The fourth-order valence-corrected chi connectivity index (χ4v) is 3.53. The summed E-state index contributed by atoms with van der Waals surface area (Å²) >= 11 is 0. The van der Waals surface area contributed by atoms with Crippen molar-refractivity contribution in [3.63, 3.8) is 0 Å². The molecule has 0 spiro atoms. The van der Waals surface area contributed by atoms with E-state index in [1.54, 1.807) is 0 Å². The van der Waals surface area contributed by atoms with Gasteiger partial charge in [-0.2, -0.15) is 0 Å². The van der Waals surface area contributed by atoms with E-state index in [0.717, 1.165) is 19.3 Å². The van der Waals surface area contributed by atoms with E-state index in [9.17, 15) is 9.46 Å². The highest BCUT2D eigenvalue weighted by Gasteiger charge is 2.23. The van der Waals surface area contributed by atoms with Gasteiger partial charge < -0.3 is 9.38 Å². The molecule has 0 saturated heterocycles. The average Bonchev–Trinajstić information content (AvgIpc) is 2.65. The van der Waals surface area contributed by atoms with Gasteiger partial charge in [-0.05, 0) is 32.1 Å². The van der Waals surface area contributed by atoms with Crippen molar-refractivity contribution in [3.05, 3.63) is 12.2 Å². The van der Waals surface area contributed by atoms with Crippen molar-refractivity contribution < 1.29 is 28.0 Å². The van der Waals surface area contributed by atoms with Crippen molar-refractivity contribution >= 4 is 7.82 Å². The van der Waals surface area contributed by atoms with Gasteiger partial charge in [0.1, 0.15) is 13.2 Å². The number of quaternary nitrogens is 1. The van der Waals surface area contributed by atoms with Gasteiger partial charge in [-0.1, -0.05) is 76.9 Å². The molecule has 6 nitrogen and oxygen atoms in total. The first-order chi connectivity index (χ1) is 14.3. The molecule has 0 saturated carbocycles. The average molecular weight is 451 g/mol. The SMILES string of the molecule is CCCCCCCCC=CCCCCCCCCOOP(=O)(O)OCC[N+](C)(C)C. The smallest absolute Gasteiger partial charge is 0.329 e. The van der Waals surface area contributed by atoms with Crippen LogP contribution in [-0.2, 0) is 18.7 Å². The van der Waals surface area contributed by atoms with Gasteiger partial charge in [0.15, 0.2) is 0 Å². The predicted molar refractivity (Wildman–Crippen MR) is 125 cm³/mol. The first-order valence-electron chi connectivity index (χ1n) is 12.0. The summed E-state index contributed by atoms with van der Waals surface area (Å²) in [6.07, 6.45) is 22.0. The van der Waals surface area contributed by atoms with E-state index in [4.69, 9.17) is 9.41 Å². The second-order valence-electron chi connectivity index (χ2n) is 9.15. The molecule has 0 aromatic rings. The number of hydrogen-bond donors (Lipinski definition) is 1. The molecule has 0 heterocycles. The molecule has 0 aliphatic heterocycles.